The van der Waals surface area contributed by atoms with E-state index in [2.05, 4.69) is 63.0 Å². The molecule has 140 valence electrons. The average molecular weight is 354 g/mol. The lowest BCUT2D eigenvalue weighted by Crippen LogP contribution is -2.25. The fraction of sp³-hybridized carbons (Fsp3) is 0.455. The zero-order valence-corrected chi connectivity index (χ0v) is 16.8. The monoisotopic (exact) mass is 353 g/mol. The number of hydrogen-bond acceptors (Lipinski definition) is 3. The van der Waals surface area contributed by atoms with Crippen LogP contribution in [0.2, 0.25) is 0 Å². The normalized spacial score (nSPS) is 11.9. The number of nitrogens with zero attached hydrogens (tertiary/aromatic N) is 2. The van der Waals surface area contributed by atoms with E-state index in [1.54, 1.807) is 0 Å². The molecule has 0 aliphatic carbocycles. The summed E-state index contributed by atoms with van der Waals surface area (Å²) in [6.45, 7) is 13.3. The summed E-state index contributed by atoms with van der Waals surface area (Å²) < 4.78 is 0. The van der Waals surface area contributed by atoms with Gasteiger partial charge in [0.15, 0.2) is 0 Å². The summed E-state index contributed by atoms with van der Waals surface area (Å²) in [7, 11) is 0. The Bertz CT molecular complexity index is 819. The van der Waals surface area contributed by atoms with Gasteiger partial charge in [-0.1, -0.05) is 65.8 Å². The lowest BCUT2D eigenvalue weighted by Gasteiger charge is -2.34. The Labute approximate surface area is 156 Å². The number of rotatable bonds is 4. The minimum Gasteiger partial charge on any atom is -0.508 e. The first kappa shape index (κ1) is 20.0. The first-order valence-corrected chi connectivity index (χ1v) is 9.31. The molecular weight excluding hydrogens is 322 g/mol. The lowest BCUT2D eigenvalue weighted by molar-refractivity contribution is 0.408. The van der Waals surface area contributed by atoms with E-state index in [-0.39, 0.29) is 10.8 Å². The number of aromatic amines is 1. The summed E-state index contributed by atoms with van der Waals surface area (Å²) in [4.78, 5) is 0. The van der Waals surface area contributed by atoms with Crippen LogP contribution in [0.25, 0.3) is 11.0 Å². The van der Waals surface area contributed by atoms with Gasteiger partial charge in [0.25, 0.3) is 0 Å². The standard InChI is InChI=1S/C16H26O.C6H5N3/c1-7-15(3,4)12-10-9-11-13(17)14(12)16(5,6)8-2;1-2-4-6-5(3-1)7-9-8-6/h9-11,17H,7-8H2,1-6H3;1-4H,(H,7,8,9). The molecular formula is C22H31N3O. The van der Waals surface area contributed by atoms with E-state index in [9.17, 15) is 5.11 Å². The third kappa shape index (κ3) is 4.24. The van der Waals surface area contributed by atoms with Gasteiger partial charge in [0.05, 0.1) is 0 Å². The molecule has 0 bridgehead atoms. The molecule has 0 saturated carbocycles. The van der Waals surface area contributed by atoms with Crippen molar-refractivity contribution in [2.75, 3.05) is 0 Å². The highest BCUT2D eigenvalue weighted by Gasteiger charge is 2.30. The van der Waals surface area contributed by atoms with Crippen LogP contribution in [0.3, 0.4) is 0 Å². The van der Waals surface area contributed by atoms with E-state index in [0.29, 0.717) is 5.75 Å². The molecule has 26 heavy (non-hydrogen) atoms. The van der Waals surface area contributed by atoms with Crippen molar-refractivity contribution in [1.82, 2.24) is 15.4 Å². The van der Waals surface area contributed by atoms with Crippen LogP contribution in [-0.4, -0.2) is 20.5 Å². The molecule has 0 saturated heterocycles. The predicted molar refractivity (Wildman–Crippen MR) is 109 cm³/mol. The van der Waals surface area contributed by atoms with Gasteiger partial charge in [0, 0.05) is 5.56 Å². The van der Waals surface area contributed by atoms with Crippen LogP contribution >= 0.6 is 0 Å². The van der Waals surface area contributed by atoms with Crippen molar-refractivity contribution in [1.29, 1.82) is 0 Å². The van der Waals surface area contributed by atoms with Crippen molar-refractivity contribution in [3.05, 3.63) is 53.6 Å². The SMILES string of the molecule is CCC(C)(C)c1cccc(O)c1C(C)(C)CC.c1ccc2n[nH]nc2c1. The van der Waals surface area contributed by atoms with E-state index in [1.807, 2.05) is 36.4 Å². The van der Waals surface area contributed by atoms with Crippen LogP contribution < -0.4 is 0 Å². The molecule has 2 N–H and O–H groups in total. The highest BCUT2D eigenvalue weighted by molar-refractivity contribution is 5.72. The van der Waals surface area contributed by atoms with Gasteiger partial charge in [0.1, 0.15) is 16.8 Å². The van der Waals surface area contributed by atoms with E-state index >= 15 is 0 Å². The molecule has 0 amide bonds. The summed E-state index contributed by atoms with van der Waals surface area (Å²) in [6, 6.07) is 13.6. The zero-order chi connectivity index (χ0) is 19.4. The highest BCUT2D eigenvalue weighted by Crippen LogP contribution is 2.42. The van der Waals surface area contributed by atoms with Crippen molar-refractivity contribution in [2.24, 2.45) is 0 Å². The number of fused-ring (bicyclic) bond motifs is 1. The largest absolute Gasteiger partial charge is 0.508 e. The molecule has 3 rings (SSSR count). The molecule has 4 heteroatoms. The summed E-state index contributed by atoms with van der Waals surface area (Å²) >= 11 is 0. The Morgan fingerprint density at radius 2 is 1.35 bits per heavy atom. The molecule has 0 atom stereocenters. The second-order valence-corrected chi connectivity index (χ2v) is 7.99. The van der Waals surface area contributed by atoms with Gasteiger partial charge in [-0.25, -0.2) is 0 Å². The number of benzene rings is 2. The van der Waals surface area contributed by atoms with Gasteiger partial charge in [0.2, 0.25) is 0 Å². The van der Waals surface area contributed by atoms with E-state index in [4.69, 9.17) is 0 Å². The third-order valence-electron chi connectivity index (χ3n) is 5.44. The maximum Gasteiger partial charge on any atom is 0.119 e. The minimum absolute atomic E-state index is 0.0209. The van der Waals surface area contributed by atoms with Gasteiger partial charge in [-0.3, -0.25) is 0 Å². The molecule has 0 radical (unpaired) electrons. The van der Waals surface area contributed by atoms with Crippen molar-refractivity contribution < 1.29 is 5.11 Å². The van der Waals surface area contributed by atoms with Crippen LogP contribution in [0, 0.1) is 0 Å². The Kier molecular flexibility index (Phi) is 6.06. The number of phenols is 1. The third-order valence-corrected chi connectivity index (χ3v) is 5.44. The molecule has 1 aromatic heterocycles. The van der Waals surface area contributed by atoms with Crippen molar-refractivity contribution in [2.45, 2.75) is 65.2 Å². The van der Waals surface area contributed by atoms with Gasteiger partial charge in [-0.05, 0) is 47.4 Å². The van der Waals surface area contributed by atoms with Crippen molar-refractivity contribution in [3.63, 3.8) is 0 Å². The topological polar surface area (TPSA) is 61.8 Å². The maximum atomic E-state index is 10.2. The highest BCUT2D eigenvalue weighted by atomic mass is 16.3. The number of H-pyrrole nitrogens is 1. The van der Waals surface area contributed by atoms with E-state index < -0.39 is 0 Å². The van der Waals surface area contributed by atoms with Gasteiger partial charge >= 0.3 is 0 Å². The van der Waals surface area contributed by atoms with Gasteiger partial charge < -0.3 is 5.11 Å². The molecule has 0 aliphatic rings. The number of para-hydroxylation sites is 2. The minimum atomic E-state index is 0.0209. The molecule has 0 spiro atoms. The zero-order valence-electron chi connectivity index (χ0n) is 16.8. The fourth-order valence-corrected chi connectivity index (χ4v) is 2.97. The number of aromatic nitrogens is 3. The van der Waals surface area contributed by atoms with Crippen LogP contribution in [0.1, 0.15) is 65.5 Å². The first-order valence-electron chi connectivity index (χ1n) is 9.31. The Hall–Kier alpha value is -2.36. The molecule has 2 aromatic carbocycles. The molecule has 0 aliphatic heterocycles. The van der Waals surface area contributed by atoms with Crippen LogP contribution in [0.5, 0.6) is 5.75 Å². The predicted octanol–water partition coefficient (Wildman–Crippen LogP) is 5.73. The van der Waals surface area contributed by atoms with E-state index in [1.165, 1.54) is 5.56 Å². The Morgan fingerprint density at radius 3 is 1.85 bits per heavy atom. The smallest absolute Gasteiger partial charge is 0.119 e. The fourth-order valence-electron chi connectivity index (χ4n) is 2.97. The number of nitrogens with one attached hydrogen (secondary N) is 1. The quantitative estimate of drug-likeness (QED) is 0.630. The Balaban J connectivity index is 0.000000223. The summed E-state index contributed by atoms with van der Waals surface area (Å²) in [6.07, 6.45) is 2.10. The average Bonchev–Trinajstić information content (AvgIpc) is 3.10. The van der Waals surface area contributed by atoms with Crippen LogP contribution in [0.4, 0.5) is 0 Å². The molecule has 0 fully saturated rings. The van der Waals surface area contributed by atoms with Crippen LogP contribution in [0.15, 0.2) is 42.5 Å². The van der Waals surface area contributed by atoms with Gasteiger partial charge in [-0.15, -0.1) is 0 Å². The number of hydrogen-bond donors (Lipinski definition) is 2. The first-order chi connectivity index (χ1) is 12.2. The van der Waals surface area contributed by atoms with E-state index in [0.717, 1.165) is 29.4 Å². The second-order valence-electron chi connectivity index (χ2n) is 7.99. The lowest BCUT2D eigenvalue weighted by atomic mass is 9.71. The molecule has 0 unspecified atom stereocenters. The molecule has 4 nitrogen and oxygen atoms in total. The van der Waals surface area contributed by atoms with Crippen molar-refractivity contribution >= 4 is 11.0 Å². The second kappa shape index (κ2) is 7.90. The van der Waals surface area contributed by atoms with Gasteiger partial charge in [-0.2, -0.15) is 15.4 Å². The summed E-state index contributed by atoms with van der Waals surface area (Å²) in [5.74, 6) is 0.441. The Morgan fingerprint density at radius 1 is 0.808 bits per heavy atom. The molecule has 3 aromatic rings. The number of phenolic OH excluding ortho intramolecular Hbond substituents is 1. The van der Waals surface area contributed by atoms with Crippen LogP contribution in [-0.2, 0) is 10.8 Å². The summed E-state index contributed by atoms with van der Waals surface area (Å²) in [5, 5.41) is 20.5. The summed E-state index contributed by atoms with van der Waals surface area (Å²) in [5.41, 5.74) is 4.37. The van der Waals surface area contributed by atoms with Crippen molar-refractivity contribution in [3.8, 4) is 5.75 Å². The maximum absolute atomic E-state index is 10.2. The molecule has 1 heterocycles. The number of aromatic hydroxyl groups is 1.